The molecule has 2 N–H and O–H groups in total. The number of amides is 2. The molecule has 0 aromatic heterocycles. The Labute approximate surface area is 120 Å². The van der Waals surface area contributed by atoms with E-state index in [1.807, 2.05) is 0 Å². The fourth-order valence-electron chi connectivity index (χ4n) is 1.18. The number of rotatable bonds is 5. The molecule has 2 amide bonds. The Bertz CT molecular complexity index is 438. The third-order valence-electron chi connectivity index (χ3n) is 2.03. The zero-order valence-electron chi connectivity index (χ0n) is 9.25. The average molecular weight is 310 g/mol. The van der Waals surface area contributed by atoms with E-state index in [-0.39, 0.29) is 19.0 Å². The molecule has 0 fully saturated rings. The second-order valence-electron chi connectivity index (χ2n) is 3.33. The predicted molar refractivity (Wildman–Crippen MR) is 72.3 cm³/mol. The van der Waals surface area contributed by atoms with E-state index >= 15 is 0 Å². The van der Waals surface area contributed by atoms with Crippen molar-refractivity contribution in [2.45, 2.75) is 4.84 Å². The van der Waals surface area contributed by atoms with E-state index < -0.39 is 10.7 Å². The molecule has 0 aliphatic rings. The summed E-state index contributed by atoms with van der Waals surface area (Å²) in [5, 5.41) is 5.44. The summed E-state index contributed by atoms with van der Waals surface area (Å²) in [4.78, 5) is 21.6. The average Bonchev–Trinajstić information content (AvgIpc) is 2.34. The highest BCUT2D eigenvalue weighted by Crippen LogP contribution is 2.14. The number of carbonyl (C=O) groups excluding carboxylic acids is 2. The van der Waals surface area contributed by atoms with E-state index in [9.17, 15) is 9.59 Å². The molecular formula is C11H11Cl3N2O2. The van der Waals surface area contributed by atoms with E-state index in [1.165, 1.54) is 0 Å². The van der Waals surface area contributed by atoms with Crippen molar-refractivity contribution in [3.8, 4) is 0 Å². The number of benzene rings is 1. The summed E-state index contributed by atoms with van der Waals surface area (Å²) < 4.78 is 0. The summed E-state index contributed by atoms with van der Waals surface area (Å²) in [5.41, 5.74) is 0.387. The quantitative estimate of drug-likeness (QED) is 0.645. The monoisotopic (exact) mass is 308 g/mol. The molecule has 0 unspecified atom stereocenters. The summed E-state index contributed by atoms with van der Waals surface area (Å²) in [7, 11) is 0. The minimum Gasteiger partial charge on any atom is -0.352 e. The molecule has 1 aromatic carbocycles. The molecule has 18 heavy (non-hydrogen) atoms. The Kier molecular flexibility index (Phi) is 6.25. The zero-order chi connectivity index (χ0) is 13.5. The minimum atomic E-state index is -1.11. The van der Waals surface area contributed by atoms with Crippen LogP contribution >= 0.6 is 34.8 Å². The first-order chi connectivity index (χ1) is 8.52. The lowest BCUT2D eigenvalue weighted by atomic mass is 10.2. The number of halogens is 3. The Balaban J connectivity index is 2.35. The van der Waals surface area contributed by atoms with Crippen molar-refractivity contribution >= 4 is 46.6 Å². The molecular weight excluding hydrogens is 298 g/mol. The van der Waals surface area contributed by atoms with Crippen LogP contribution in [0.15, 0.2) is 24.3 Å². The first-order valence-corrected chi connectivity index (χ1v) is 6.36. The fourth-order valence-corrected chi connectivity index (χ4v) is 1.56. The lowest BCUT2D eigenvalue weighted by Crippen LogP contribution is -2.36. The molecule has 1 aromatic rings. The number of hydrogen-bond acceptors (Lipinski definition) is 2. The van der Waals surface area contributed by atoms with Crippen molar-refractivity contribution in [3.05, 3.63) is 34.9 Å². The van der Waals surface area contributed by atoms with Gasteiger partial charge in [-0.25, -0.2) is 0 Å². The van der Waals surface area contributed by atoms with Gasteiger partial charge in [-0.05, 0) is 12.1 Å². The van der Waals surface area contributed by atoms with E-state index in [1.54, 1.807) is 24.3 Å². The molecule has 0 aliphatic carbocycles. The number of hydrogen-bond donors (Lipinski definition) is 2. The zero-order valence-corrected chi connectivity index (χ0v) is 11.5. The van der Waals surface area contributed by atoms with Gasteiger partial charge in [0.1, 0.15) is 0 Å². The molecule has 98 valence electrons. The van der Waals surface area contributed by atoms with Crippen LogP contribution in [0.2, 0.25) is 5.02 Å². The van der Waals surface area contributed by atoms with Crippen LogP contribution in [0.5, 0.6) is 0 Å². The first kappa shape index (κ1) is 15.1. The van der Waals surface area contributed by atoms with E-state index in [0.29, 0.717) is 10.6 Å². The maximum absolute atomic E-state index is 11.7. The lowest BCUT2D eigenvalue weighted by molar-refractivity contribution is -0.119. The van der Waals surface area contributed by atoms with Crippen LogP contribution in [0.3, 0.4) is 0 Å². The van der Waals surface area contributed by atoms with Gasteiger partial charge in [-0.2, -0.15) is 0 Å². The van der Waals surface area contributed by atoms with E-state index in [2.05, 4.69) is 10.6 Å². The van der Waals surface area contributed by atoms with Crippen LogP contribution in [-0.4, -0.2) is 29.7 Å². The standard InChI is InChI=1S/C11H11Cl3N2O2/c12-8-4-2-1-3-7(8)10(17)15-5-6-16-11(18)9(13)14/h1-4,9H,5-6H2,(H,15,17)(H,16,18). The Morgan fingerprint density at radius 1 is 1.11 bits per heavy atom. The van der Waals surface area contributed by atoms with Crippen molar-refractivity contribution in [2.75, 3.05) is 13.1 Å². The normalized spacial score (nSPS) is 10.2. The van der Waals surface area contributed by atoms with E-state index in [4.69, 9.17) is 34.8 Å². The van der Waals surface area contributed by atoms with Gasteiger partial charge in [-0.1, -0.05) is 46.9 Å². The summed E-state index contributed by atoms with van der Waals surface area (Å²) in [6, 6.07) is 6.70. The van der Waals surface area contributed by atoms with Crippen LogP contribution in [-0.2, 0) is 4.79 Å². The molecule has 0 atom stereocenters. The maximum atomic E-state index is 11.7. The summed E-state index contributed by atoms with van der Waals surface area (Å²) in [5.74, 6) is -0.798. The Hall–Kier alpha value is -0.970. The molecule has 1 rings (SSSR count). The molecule has 0 saturated carbocycles. The van der Waals surface area contributed by atoms with Crippen molar-refractivity contribution in [1.82, 2.24) is 10.6 Å². The maximum Gasteiger partial charge on any atom is 0.253 e. The van der Waals surface area contributed by atoms with Gasteiger partial charge in [0.2, 0.25) is 0 Å². The van der Waals surface area contributed by atoms with Gasteiger partial charge in [0.05, 0.1) is 10.6 Å². The third kappa shape index (κ3) is 4.72. The highest BCUT2D eigenvalue weighted by Gasteiger charge is 2.11. The van der Waals surface area contributed by atoms with Crippen LogP contribution in [0.4, 0.5) is 0 Å². The number of alkyl halides is 2. The highest BCUT2D eigenvalue weighted by molar-refractivity contribution is 6.53. The molecule has 0 spiro atoms. The lowest BCUT2D eigenvalue weighted by Gasteiger charge is -2.08. The van der Waals surface area contributed by atoms with Gasteiger partial charge in [0.15, 0.2) is 4.84 Å². The van der Waals surface area contributed by atoms with Gasteiger partial charge in [-0.15, -0.1) is 0 Å². The highest BCUT2D eigenvalue weighted by atomic mass is 35.5. The van der Waals surface area contributed by atoms with E-state index in [0.717, 1.165) is 0 Å². The Morgan fingerprint density at radius 3 is 2.33 bits per heavy atom. The van der Waals surface area contributed by atoms with Crippen molar-refractivity contribution < 1.29 is 9.59 Å². The van der Waals surface area contributed by atoms with Crippen molar-refractivity contribution in [2.24, 2.45) is 0 Å². The SMILES string of the molecule is O=C(NCCNC(=O)C(Cl)Cl)c1ccccc1Cl. The molecule has 7 heteroatoms. The minimum absolute atomic E-state index is 0.241. The summed E-state index contributed by atoms with van der Waals surface area (Å²) in [6.07, 6.45) is 0. The Morgan fingerprint density at radius 2 is 1.72 bits per heavy atom. The van der Waals surface area contributed by atoms with Gasteiger partial charge >= 0.3 is 0 Å². The van der Waals surface area contributed by atoms with Gasteiger partial charge in [-0.3, -0.25) is 9.59 Å². The number of carbonyl (C=O) groups is 2. The van der Waals surface area contributed by atoms with Crippen LogP contribution in [0.25, 0.3) is 0 Å². The van der Waals surface area contributed by atoms with Crippen molar-refractivity contribution in [3.63, 3.8) is 0 Å². The second kappa shape index (κ2) is 7.46. The topological polar surface area (TPSA) is 58.2 Å². The van der Waals surface area contributed by atoms with Gasteiger partial charge in [0, 0.05) is 13.1 Å². The molecule has 0 radical (unpaired) electrons. The molecule has 0 saturated heterocycles. The smallest absolute Gasteiger partial charge is 0.253 e. The summed E-state index contributed by atoms with van der Waals surface area (Å²) in [6.45, 7) is 0.501. The number of nitrogens with one attached hydrogen (secondary N) is 2. The molecule has 0 bridgehead atoms. The first-order valence-electron chi connectivity index (χ1n) is 5.11. The summed E-state index contributed by atoms with van der Waals surface area (Å²) >= 11 is 16.5. The molecule has 4 nitrogen and oxygen atoms in total. The molecule has 0 aliphatic heterocycles. The van der Waals surface area contributed by atoms with Crippen LogP contribution in [0, 0.1) is 0 Å². The predicted octanol–water partition coefficient (Wildman–Crippen LogP) is 1.99. The van der Waals surface area contributed by atoms with Gasteiger partial charge < -0.3 is 10.6 Å². The third-order valence-corrected chi connectivity index (χ3v) is 2.75. The fraction of sp³-hybridized carbons (Fsp3) is 0.273. The largest absolute Gasteiger partial charge is 0.352 e. The van der Waals surface area contributed by atoms with Gasteiger partial charge in [0.25, 0.3) is 11.8 Å². The second-order valence-corrected chi connectivity index (χ2v) is 4.83. The van der Waals surface area contributed by atoms with Crippen LogP contribution < -0.4 is 10.6 Å². The van der Waals surface area contributed by atoms with Crippen molar-refractivity contribution in [1.29, 1.82) is 0 Å². The van der Waals surface area contributed by atoms with Crippen LogP contribution in [0.1, 0.15) is 10.4 Å². The molecule has 0 heterocycles.